The predicted molar refractivity (Wildman–Crippen MR) is 144 cm³/mol. The number of halogens is 7. The van der Waals surface area contributed by atoms with Crippen molar-refractivity contribution in [2.45, 2.75) is 57.7 Å². The third-order valence-electron chi connectivity index (χ3n) is 6.17. The summed E-state index contributed by atoms with van der Waals surface area (Å²) in [6, 6.07) is 10.2. The fraction of sp³-hybridized carbons (Fsp3) is 0.393. The Labute approximate surface area is 252 Å². The van der Waals surface area contributed by atoms with Crippen LogP contribution in [0.1, 0.15) is 48.4 Å². The molecule has 4 rings (SSSR count). The molecule has 0 saturated heterocycles. The normalized spacial score (nSPS) is 14.8. The number of aliphatic carboxylic acids is 2. The zero-order valence-electron chi connectivity index (χ0n) is 23.9. The number of imidazole rings is 1. The monoisotopic (exact) mass is 649 g/mol. The average molecular weight is 650 g/mol. The highest BCUT2D eigenvalue weighted by Crippen LogP contribution is 2.32. The van der Waals surface area contributed by atoms with Gasteiger partial charge in [0, 0.05) is 44.5 Å². The van der Waals surface area contributed by atoms with Crippen LogP contribution in [-0.4, -0.2) is 72.9 Å². The second kappa shape index (κ2) is 16.0. The van der Waals surface area contributed by atoms with Crippen molar-refractivity contribution in [3.8, 4) is 0 Å². The second-order valence-corrected chi connectivity index (χ2v) is 9.84. The SMILES string of the molecule is CC(C)n1cnc2c1C(C(=O)NCCc1cccc(F)c1)N(Cc1cccnc1)CC2.O=C(O)C(F)(F)F.O=C(O)C(F)(F)F. The van der Waals surface area contributed by atoms with E-state index in [0.29, 0.717) is 19.5 Å². The van der Waals surface area contributed by atoms with Crippen molar-refractivity contribution in [2.24, 2.45) is 0 Å². The molecule has 3 heterocycles. The van der Waals surface area contributed by atoms with Crippen LogP contribution in [-0.2, 0) is 33.8 Å². The maximum Gasteiger partial charge on any atom is 0.490 e. The van der Waals surface area contributed by atoms with Gasteiger partial charge in [0.1, 0.15) is 11.9 Å². The molecule has 1 atom stereocenters. The lowest BCUT2D eigenvalue weighted by Gasteiger charge is -2.35. The Morgan fingerprint density at radius 1 is 1.00 bits per heavy atom. The van der Waals surface area contributed by atoms with Gasteiger partial charge in [-0.25, -0.2) is 19.0 Å². The molecule has 0 fully saturated rings. The molecule has 3 aromatic rings. The topological polar surface area (TPSA) is 138 Å². The molecule has 17 heteroatoms. The van der Waals surface area contributed by atoms with Crippen LogP contribution in [0.25, 0.3) is 0 Å². The van der Waals surface area contributed by atoms with Crippen molar-refractivity contribution in [2.75, 3.05) is 13.1 Å². The molecule has 2 aromatic heterocycles. The molecule has 1 unspecified atom stereocenters. The van der Waals surface area contributed by atoms with Gasteiger partial charge >= 0.3 is 24.3 Å². The van der Waals surface area contributed by atoms with Gasteiger partial charge < -0.3 is 20.1 Å². The Bertz CT molecular complexity index is 1410. The van der Waals surface area contributed by atoms with Crippen molar-refractivity contribution in [1.82, 2.24) is 24.8 Å². The molecular weight excluding hydrogens is 619 g/mol. The Hall–Kier alpha value is -4.54. The number of nitrogens with one attached hydrogen (secondary N) is 1. The number of aromatic nitrogens is 3. The van der Waals surface area contributed by atoms with Crippen molar-refractivity contribution in [3.05, 3.63) is 83.5 Å². The molecule has 1 aliphatic rings. The summed E-state index contributed by atoms with van der Waals surface area (Å²) in [6.45, 7) is 6.03. The first-order valence-corrected chi connectivity index (χ1v) is 13.2. The van der Waals surface area contributed by atoms with Crippen molar-refractivity contribution in [1.29, 1.82) is 0 Å². The molecule has 0 aliphatic carbocycles. The Kier molecular flexibility index (Phi) is 13.0. The summed E-state index contributed by atoms with van der Waals surface area (Å²) >= 11 is 0. The fourth-order valence-corrected chi connectivity index (χ4v) is 4.17. The number of alkyl halides is 6. The summed E-state index contributed by atoms with van der Waals surface area (Å²) in [5.41, 5.74) is 3.89. The van der Waals surface area contributed by atoms with Crippen LogP contribution in [0.5, 0.6) is 0 Å². The van der Waals surface area contributed by atoms with E-state index in [1.807, 2.05) is 30.7 Å². The first kappa shape index (κ1) is 36.7. The maximum absolute atomic E-state index is 13.4. The molecule has 10 nitrogen and oxygen atoms in total. The number of benzene rings is 1. The van der Waals surface area contributed by atoms with Crippen molar-refractivity contribution >= 4 is 17.8 Å². The van der Waals surface area contributed by atoms with Crippen LogP contribution >= 0.6 is 0 Å². The summed E-state index contributed by atoms with van der Waals surface area (Å²) < 4.78 is 79.0. The minimum atomic E-state index is -5.08. The molecule has 45 heavy (non-hydrogen) atoms. The van der Waals surface area contributed by atoms with Gasteiger partial charge in [-0.05, 0) is 49.6 Å². The van der Waals surface area contributed by atoms with Crippen LogP contribution in [0, 0.1) is 5.82 Å². The molecule has 3 N–H and O–H groups in total. The summed E-state index contributed by atoms with van der Waals surface area (Å²) in [5.74, 6) is -5.83. The molecule has 0 spiro atoms. The third kappa shape index (κ3) is 11.5. The average Bonchev–Trinajstić information content (AvgIpc) is 3.38. The molecule has 1 aromatic carbocycles. The van der Waals surface area contributed by atoms with Crippen LogP contribution in [0.2, 0.25) is 0 Å². The number of carboxylic acids is 2. The van der Waals surface area contributed by atoms with E-state index >= 15 is 0 Å². The predicted octanol–water partition coefficient (Wildman–Crippen LogP) is 4.72. The van der Waals surface area contributed by atoms with Gasteiger partial charge in [-0.15, -0.1) is 0 Å². The number of carbonyl (C=O) groups is 3. The smallest absolute Gasteiger partial charge is 0.475 e. The Morgan fingerprint density at radius 3 is 2.11 bits per heavy atom. The summed E-state index contributed by atoms with van der Waals surface area (Å²) in [7, 11) is 0. The number of nitrogens with zero attached hydrogens (tertiary/aromatic N) is 4. The van der Waals surface area contributed by atoms with E-state index in [-0.39, 0.29) is 17.8 Å². The maximum atomic E-state index is 13.4. The summed E-state index contributed by atoms with van der Waals surface area (Å²) in [4.78, 5) is 42.2. The minimum Gasteiger partial charge on any atom is -0.475 e. The van der Waals surface area contributed by atoms with Gasteiger partial charge in [0.05, 0.1) is 17.7 Å². The van der Waals surface area contributed by atoms with Gasteiger partial charge in [-0.2, -0.15) is 26.3 Å². The van der Waals surface area contributed by atoms with E-state index in [4.69, 9.17) is 19.8 Å². The van der Waals surface area contributed by atoms with Gasteiger partial charge in [0.15, 0.2) is 0 Å². The highest BCUT2D eigenvalue weighted by atomic mass is 19.4. The molecule has 246 valence electrons. The molecule has 1 aliphatic heterocycles. The van der Waals surface area contributed by atoms with Gasteiger partial charge in [-0.3, -0.25) is 14.7 Å². The van der Waals surface area contributed by atoms with Gasteiger partial charge in [0.2, 0.25) is 5.91 Å². The van der Waals surface area contributed by atoms with E-state index in [1.165, 1.54) is 12.1 Å². The fourth-order valence-electron chi connectivity index (χ4n) is 4.17. The first-order chi connectivity index (χ1) is 20.9. The van der Waals surface area contributed by atoms with Crippen LogP contribution in [0.15, 0.2) is 55.1 Å². The highest BCUT2D eigenvalue weighted by molar-refractivity contribution is 5.83. The van der Waals surface area contributed by atoms with E-state index in [1.54, 1.807) is 12.3 Å². The number of fused-ring (bicyclic) bond motifs is 1. The number of carbonyl (C=O) groups excluding carboxylic acids is 1. The minimum absolute atomic E-state index is 0.0522. The van der Waals surface area contributed by atoms with Crippen LogP contribution in [0.3, 0.4) is 0 Å². The lowest BCUT2D eigenvalue weighted by Crippen LogP contribution is -2.45. The Morgan fingerprint density at radius 2 is 1.60 bits per heavy atom. The lowest BCUT2D eigenvalue weighted by atomic mass is 10.00. The number of hydrogen-bond donors (Lipinski definition) is 3. The molecule has 0 saturated carbocycles. The molecule has 0 radical (unpaired) electrons. The van der Waals surface area contributed by atoms with Crippen LogP contribution < -0.4 is 5.32 Å². The molecular formula is C28H30F7N5O5. The second-order valence-electron chi connectivity index (χ2n) is 9.84. The number of pyridine rings is 1. The number of rotatable bonds is 7. The zero-order chi connectivity index (χ0) is 33.9. The summed E-state index contributed by atoms with van der Waals surface area (Å²) in [6.07, 6.45) is -3.34. The number of hydrogen-bond acceptors (Lipinski definition) is 6. The molecule has 1 amide bonds. The third-order valence-corrected chi connectivity index (χ3v) is 6.17. The van der Waals surface area contributed by atoms with Gasteiger partial charge in [-0.1, -0.05) is 18.2 Å². The van der Waals surface area contributed by atoms with E-state index in [0.717, 1.165) is 35.5 Å². The zero-order valence-corrected chi connectivity index (χ0v) is 23.9. The lowest BCUT2D eigenvalue weighted by molar-refractivity contribution is -0.193. The van der Waals surface area contributed by atoms with Crippen molar-refractivity contribution in [3.63, 3.8) is 0 Å². The standard InChI is InChI=1S/C24H28FN5O.2C2HF3O2/c1-17(2)30-16-28-21-9-12-29(15-19-6-4-10-26-14-19)23(22(21)30)24(31)27-11-8-18-5-3-7-20(25)13-18;2*3-2(4,5)1(6)7/h3-7,10,13-14,16-17,23H,8-9,11-12,15H2,1-2H3,(H,27,31);2*(H,6,7). The largest absolute Gasteiger partial charge is 0.490 e. The quantitative estimate of drug-likeness (QED) is 0.313. The summed E-state index contributed by atoms with van der Waals surface area (Å²) in [5, 5.41) is 17.3. The van der Waals surface area contributed by atoms with E-state index in [9.17, 15) is 35.5 Å². The highest BCUT2D eigenvalue weighted by Gasteiger charge is 2.39. The first-order valence-electron chi connectivity index (χ1n) is 13.2. The van der Waals surface area contributed by atoms with Crippen LogP contribution in [0.4, 0.5) is 30.7 Å². The van der Waals surface area contributed by atoms with Gasteiger partial charge in [0.25, 0.3) is 0 Å². The number of carboxylic acid groups (broad SMARTS) is 2. The van der Waals surface area contributed by atoms with Crippen molar-refractivity contribution < 1.29 is 55.3 Å². The molecule has 0 bridgehead atoms. The van der Waals surface area contributed by atoms with E-state index < -0.39 is 30.3 Å². The van der Waals surface area contributed by atoms with E-state index in [2.05, 4.69) is 38.6 Å². The Balaban J connectivity index is 0.000000421. The number of amides is 1.